The first-order valence-corrected chi connectivity index (χ1v) is 5.12. The Morgan fingerprint density at radius 1 is 1.46 bits per heavy atom. The van der Waals surface area contributed by atoms with Crippen molar-refractivity contribution in [3.63, 3.8) is 0 Å². The lowest BCUT2D eigenvalue weighted by Crippen LogP contribution is -1.92. The molecule has 1 nitrogen and oxygen atoms in total. The fourth-order valence-electron chi connectivity index (χ4n) is 1.17. The normalized spacial score (nSPS) is 12.8. The number of phenolic OH excluding ortho intramolecular Hbond substituents is 1. The second-order valence-electron chi connectivity index (χ2n) is 3.01. The molecule has 72 valence electrons. The Bertz CT molecular complexity index is 286. The Balaban J connectivity index is 2.88. The summed E-state index contributed by atoms with van der Waals surface area (Å²) in [5.74, 6) is 0.756. The van der Waals surface area contributed by atoms with Crippen LogP contribution >= 0.6 is 23.2 Å². The predicted octanol–water partition coefficient (Wildman–Crippen LogP) is 3.61. The van der Waals surface area contributed by atoms with Gasteiger partial charge in [0.25, 0.3) is 0 Å². The van der Waals surface area contributed by atoms with E-state index >= 15 is 0 Å². The van der Waals surface area contributed by atoms with Gasteiger partial charge in [-0.25, -0.2) is 0 Å². The molecular weight excluding hydrogens is 207 g/mol. The minimum Gasteiger partial charge on any atom is -0.508 e. The van der Waals surface area contributed by atoms with Crippen molar-refractivity contribution >= 4 is 23.2 Å². The summed E-state index contributed by atoms with van der Waals surface area (Å²) in [4.78, 5) is 0. The first kappa shape index (κ1) is 10.7. The third-order valence-electron chi connectivity index (χ3n) is 1.89. The Kier molecular flexibility index (Phi) is 3.89. The van der Waals surface area contributed by atoms with Crippen molar-refractivity contribution in [2.24, 2.45) is 0 Å². The van der Waals surface area contributed by atoms with Crippen LogP contribution in [0.5, 0.6) is 5.75 Å². The Morgan fingerprint density at radius 3 is 2.69 bits per heavy atom. The van der Waals surface area contributed by atoms with E-state index in [1.54, 1.807) is 6.07 Å². The van der Waals surface area contributed by atoms with E-state index in [1.807, 2.05) is 19.1 Å². The van der Waals surface area contributed by atoms with Crippen LogP contribution < -0.4 is 0 Å². The minimum atomic E-state index is -0.196. The highest BCUT2D eigenvalue weighted by Crippen LogP contribution is 2.32. The standard InChI is InChI=1S/C10H12Cl2O/c1-7-2-3-8(10(13)6-7)9(12)4-5-11/h2-3,6,9,13H,4-5H2,1H3. The second kappa shape index (κ2) is 4.73. The van der Waals surface area contributed by atoms with Gasteiger partial charge < -0.3 is 5.11 Å². The minimum absolute atomic E-state index is 0.196. The van der Waals surface area contributed by atoms with Crippen LogP contribution in [0.1, 0.15) is 22.9 Å². The zero-order chi connectivity index (χ0) is 9.84. The molecule has 3 heteroatoms. The summed E-state index contributed by atoms with van der Waals surface area (Å²) >= 11 is 11.6. The largest absolute Gasteiger partial charge is 0.508 e. The van der Waals surface area contributed by atoms with Gasteiger partial charge in [0, 0.05) is 11.4 Å². The van der Waals surface area contributed by atoms with Gasteiger partial charge in [0.15, 0.2) is 0 Å². The molecule has 0 aliphatic carbocycles. The van der Waals surface area contributed by atoms with E-state index in [0.29, 0.717) is 12.3 Å². The summed E-state index contributed by atoms with van der Waals surface area (Å²) in [6.07, 6.45) is 0.666. The molecule has 1 N–H and O–H groups in total. The average molecular weight is 219 g/mol. The summed E-state index contributed by atoms with van der Waals surface area (Å²) in [6, 6.07) is 5.48. The lowest BCUT2D eigenvalue weighted by atomic mass is 10.1. The van der Waals surface area contributed by atoms with Crippen molar-refractivity contribution in [3.8, 4) is 5.75 Å². The Labute approximate surface area is 88.3 Å². The lowest BCUT2D eigenvalue weighted by molar-refractivity contribution is 0.466. The second-order valence-corrected chi connectivity index (χ2v) is 3.91. The van der Waals surface area contributed by atoms with Crippen LogP contribution in [-0.2, 0) is 0 Å². The number of aryl methyl sites for hydroxylation is 1. The number of hydrogen-bond acceptors (Lipinski definition) is 1. The number of hydrogen-bond donors (Lipinski definition) is 1. The highest BCUT2D eigenvalue weighted by Gasteiger charge is 2.11. The van der Waals surface area contributed by atoms with Crippen molar-refractivity contribution in [1.82, 2.24) is 0 Å². The molecule has 1 aromatic rings. The van der Waals surface area contributed by atoms with Crippen LogP contribution in [0.4, 0.5) is 0 Å². The first-order chi connectivity index (χ1) is 6.15. The monoisotopic (exact) mass is 218 g/mol. The van der Waals surface area contributed by atoms with Gasteiger partial charge in [-0.3, -0.25) is 0 Å². The number of phenols is 1. The van der Waals surface area contributed by atoms with Gasteiger partial charge in [0.05, 0.1) is 5.38 Å². The molecule has 0 amide bonds. The maximum absolute atomic E-state index is 9.56. The average Bonchev–Trinajstić information content (AvgIpc) is 2.04. The number of halogens is 2. The molecule has 0 bridgehead atoms. The van der Waals surface area contributed by atoms with E-state index in [-0.39, 0.29) is 11.1 Å². The van der Waals surface area contributed by atoms with Gasteiger partial charge in [-0.05, 0) is 25.0 Å². The highest BCUT2D eigenvalue weighted by atomic mass is 35.5. The number of rotatable bonds is 3. The van der Waals surface area contributed by atoms with E-state index in [9.17, 15) is 5.11 Å². The maximum Gasteiger partial charge on any atom is 0.120 e. The van der Waals surface area contributed by atoms with Crippen LogP contribution in [-0.4, -0.2) is 11.0 Å². The SMILES string of the molecule is Cc1ccc(C(Cl)CCCl)c(O)c1. The number of alkyl halides is 2. The lowest BCUT2D eigenvalue weighted by Gasteiger charge is -2.10. The smallest absolute Gasteiger partial charge is 0.120 e. The van der Waals surface area contributed by atoms with Crippen LogP contribution in [0.2, 0.25) is 0 Å². The molecule has 0 heterocycles. The zero-order valence-corrected chi connectivity index (χ0v) is 8.94. The molecule has 0 fully saturated rings. The van der Waals surface area contributed by atoms with Crippen LogP contribution in [0.15, 0.2) is 18.2 Å². The zero-order valence-electron chi connectivity index (χ0n) is 7.43. The molecule has 0 aromatic heterocycles. The molecule has 13 heavy (non-hydrogen) atoms. The molecular formula is C10H12Cl2O. The van der Waals surface area contributed by atoms with E-state index in [0.717, 1.165) is 11.1 Å². The number of aromatic hydroxyl groups is 1. The molecule has 1 rings (SSSR count). The van der Waals surface area contributed by atoms with Gasteiger partial charge in [-0.15, -0.1) is 23.2 Å². The van der Waals surface area contributed by atoms with Crippen LogP contribution in [0.3, 0.4) is 0 Å². The van der Waals surface area contributed by atoms with Crippen molar-refractivity contribution in [2.75, 3.05) is 5.88 Å². The molecule has 0 saturated heterocycles. The summed E-state index contributed by atoms with van der Waals surface area (Å²) in [5, 5.41) is 9.36. The summed E-state index contributed by atoms with van der Waals surface area (Å²) in [7, 11) is 0. The highest BCUT2D eigenvalue weighted by molar-refractivity contribution is 6.22. The molecule has 1 unspecified atom stereocenters. The van der Waals surface area contributed by atoms with Crippen molar-refractivity contribution in [2.45, 2.75) is 18.7 Å². The molecule has 0 aliphatic rings. The van der Waals surface area contributed by atoms with E-state index in [4.69, 9.17) is 23.2 Å². The maximum atomic E-state index is 9.56. The van der Waals surface area contributed by atoms with Gasteiger partial charge in [-0.2, -0.15) is 0 Å². The molecule has 0 aliphatic heterocycles. The molecule has 0 radical (unpaired) electrons. The van der Waals surface area contributed by atoms with E-state index < -0.39 is 0 Å². The van der Waals surface area contributed by atoms with Crippen LogP contribution in [0, 0.1) is 6.92 Å². The van der Waals surface area contributed by atoms with Crippen molar-refractivity contribution in [3.05, 3.63) is 29.3 Å². The van der Waals surface area contributed by atoms with Gasteiger partial charge in [0.1, 0.15) is 5.75 Å². The quantitative estimate of drug-likeness (QED) is 0.770. The third kappa shape index (κ3) is 2.78. The molecule has 0 spiro atoms. The van der Waals surface area contributed by atoms with E-state index in [2.05, 4.69) is 0 Å². The Hall–Kier alpha value is -0.400. The fourth-order valence-corrected chi connectivity index (χ4v) is 1.79. The first-order valence-electron chi connectivity index (χ1n) is 4.14. The van der Waals surface area contributed by atoms with Crippen molar-refractivity contribution in [1.29, 1.82) is 0 Å². The van der Waals surface area contributed by atoms with Crippen LogP contribution in [0.25, 0.3) is 0 Å². The summed E-state index contributed by atoms with van der Waals surface area (Å²) in [6.45, 7) is 1.92. The molecule has 0 saturated carbocycles. The number of benzene rings is 1. The fraction of sp³-hybridized carbons (Fsp3) is 0.400. The predicted molar refractivity (Wildman–Crippen MR) is 56.8 cm³/mol. The molecule has 1 atom stereocenters. The summed E-state index contributed by atoms with van der Waals surface area (Å²) < 4.78 is 0. The van der Waals surface area contributed by atoms with Crippen molar-refractivity contribution < 1.29 is 5.11 Å². The van der Waals surface area contributed by atoms with E-state index in [1.165, 1.54) is 0 Å². The van der Waals surface area contributed by atoms with Gasteiger partial charge in [0.2, 0.25) is 0 Å². The topological polar surface area (TPSA) is 20.2 Å². The summed E-state index contributed by atoms with van der Waals surface area (Å²) in [5.41, 5.74) is 1.78. The third-order valence-corrected chi connectivity index (χ3v) is 2.56. The molecule has 1 aromatic carbocycles. The Morgan fingerprint density at radius 2 is 2.15 bits per heavy atom. The van der Waals surface area contributed by atoms with Gasteiger partial charge >= 0.3 is 0 Å². The van der Waals surface area contributed by atoms with Gasteiger partial charge in [-0.1, -0.05) is 12.1 Å².